The van der Waals surface area contributed by atoms with E-state index in [1.165, 1.54) is 31.4 Å². The molecule has 1 heteroatoms. The topological polar surface area (TPSA) is 9.23 Å². The van der Waals surface area contributed by atoms with Crippen molar-refractivity contribution in [1.82, 2.24) is 0 Å². The summed E-state index contributed by atoms with van der Waals surface area (Å²) in [6, 6.07) is 0. The van der Waals surface area contributed by atoms with Gasteiger partial charge in [0, 0.05) is 5.92 Å². The molecular weight excluding hydrogens is 124 g/mol. The van der Waals surface area contributed by atoms with Crippen molar-refractivity contribution in [2.24, 2.45) is 11.8 Å². The van der Waals surface area contributed by atoms with Crippen LogP contribution in [0.2, 0.25) is 0 Å². The van der Waals surface area contributed by atoms with Crippen LogP contribution in [-0.2, 0) is 4.74 Å². The van der Waals surface area contributed by atoms with Gasteiger partial charge in [-0.05, 0) is 37.7 Å². The zero-order chi connectivity index (χ0) is 6.97. The Morgan fingerprint density at radius 2 is 2.00 bits per heavy atom. The fourth-order valence-electron chi connectivity index (χ4n) is 1.23. The van der Waals surface area contributed by atoms with Gasteiger partial charge in [-0.15, -0.1) is 0 Å². The Balaban J connectivity index is 1.94. The lowest BCUT2D eigenvalue weighted by atomic mass is 10.2. The summed E-state index contributed by atoms with van der Waals surface area (Å²) in [7, 11) is 1.80. The molecule has 2 rings (SSSR count). The van der Waals surface area contributed by atoms with E-state index in [-0.39, 0.29) is 0 Å². The van der Waals surface area contributed by atoms with Crippen molar-refractivity contribution in [3.8, 4) is 0 Å². The Hall–Kier alpha value is -0.460. The van der Waals surface area contributed by atoms with E-state index in [4.69, 9.17) is 4.74 Å². The molecule has 0 spiro atoms. The van der Waals surface area contributed by atoms with E-state index >= 15 is 0 Å². The van der Waals surface area contributed by atoms with Gasteiger partial charge in [-0.25, -0.2) is 0 Å². The maximum Gasteiger partial charge on any atom is 0.0949 e. The minimum absolute atomic E-state index is 0.797. The second kappa shape index (κ2) is 2.30. The van der Waals surface area contributed by atoms with Crippen molar-refractivity contribution >= 4 is 0 Å². The lowest BCUT2D eigenvalue weighted by molar-refractivity contribution is 0.268. The van der Waals surface area contributed by atoms with Crippen LogP contribution in [0.3, 0.4) is 0 Å². The molecule has 0 aromatic heterocycles. The first-order valence-electron chi connectivity index (χ1n) is 4.16. The molecule has 0 heterocycles. The van der Waals surface area contributed by atoms with Crippen LogP contribution in [0.25, 0.3) is 0 Å². The summed E-state index contributed by atoms with van der Waals surface area (Å²) in [6.45, 7) is 0. The highest BCUT2D eigenvalue weighted by Gasteiger charge is 2.29. The summed E-state index contributed by atoms with van der Waals surface area (Å²) < 4.78 is 5.29. The Labute approximate surface area is 62.1 Å². The molecule has 0 aromatic carbocycles. The third-order valence-electron chi connectivity index (χ3n) is 2.24. The van der Waals surface area contributed by atoms with Crippen LogP contribution in [-0.4, -0.2) is 7.11 Å². The minimum Gasteiger partial charge on any atom is -0.501 e. The van der Waals surface area contributed by atoms with Gasteiger partial charge in [0.2, 0.25) is 0 Å². The zero-order valence-electron chi connectivity index (χ0n) is 6.47. The van der Waals surface area contributed by atoms with E-state index in [0.717, 1.165) is 11.8 Å². The smallest absolute Gasteiger partial charge is 0.0949 e. The molecule has 1 nitrogen and oxygen atoms in total. The molecule has 2 aliphatic carbocycles. The quantitative estimate of drug-likeness (QED) is 0.544. The monoisotopic (exact) mass is 138 g/mol. The van der Waals surface area contributed by atoms with Crippen LogP contribution in [0.5, 0.6) is 0 Å². The van der Waals surface area contributed by atoms with Gasteiger partial charge in [-0.3, -0.25) is 0 Å². The second-order valence-corrected chi connectivity index (χ2v) is 3.38. The lowest BCUT2D eigenvalue weighted by Gasteiger charge is -2.01. The molecule has 2 aliphatic rings. The van der Waals surface area contributed by atoms with Crippen LogP contribution in [0, 0.1) is 11.8 Å². The molecule has 0 atom stereocenters. The van der Waals surface area contributed by atoms with E-state index < -0.39 is 0 Å². The van der Waals surface area contributed by atoms with Gasteiger partial charge < -0.3 is 4.74 Å². The van der Waals surface area contributed by atoms with Gasteiger partial charge >= 0.3 is 0 Å². The van der Waals surface area contributed by atoms with Crippen molar-refractivity contribution in [1.29, 1.82) is 0 Å². The summed E-state index contributed by atoms with van der Waals surface area (Å²) in [5.41, 5.74) is 0. The normalized spacial score (nSPS) is 26.7. The van der Waals surface area contributed by atoms with Crippen molar-refractivity contribution in [3.05, 3.63) is 11.8 Å². The van der Waals surface area contributed by atoms with Crippen LogP contribution >= 0.6 is 0 Å². The highest BCUT2D eigenvalue weighted by molar-refractivity contribution is 5.09. The van der Waals surface area contributed by atoms with E-state index in [1.807, 2.05) is 0 Å². The number of hydrogen-bond donors (Lipinski definition) is 0. The van der Waals surface area contributed by atoms with E-state index in [1.54, 1.807) is 7.11 Å². The zero-order valence-corrected chi connectivity index (χ0v) is 6.47. The summed E-state index contributed by atoms with van der Waals surface area (Å²) in [6.07, 6.45) is 7.82. The number of ether oxygens (including phenoxy) is 1. The van der Waals surface area contributed by atoms with Crippen LogP contribution in [0.1, 0.15) is 25.7 Å². The maximum absolute atomic E-state index is 5.29. The summed E-state index contributed by atoms with van der Waals surface area (Å²) >= 11 is 0. The van der Waals surface area contributed by atoms with Crippen LogP contribution < -0.4 is 0 Å². The Bertz CT molecular complexity index is 152. The maximum atomic E-state index is 5.29. The van der Waals surface area contributed by atoms with Crippen molar-refractivity contribution in [3.63, 3.8) is 0 Å². The Morgan fingerprint density at radius 1 is 1.30 bits per heavy atom. The Morgan fingerprint density at radius 3 is 2.40 bits per heavy atom. The molecule has 0 N–H and O–H groups in total. The minimum atomic E-state index is 0.797. The summed E-state index contributed by atoms with van der Waals surface area (Å²) in [5.74, 6) is 2.93. The Kier molecular flexibility index (Phi) is 1.44. The highest BCUT2D eigenvalue weighted by Crippen LogP contribution is 2.40. The molecular formula is C9H14O. The van der Waals surface area contributed by atoms with Crippen molar-refractivity contribution < 1.29 is 4.74 Å². The SMILES string of the molecule is COC(=CC1CC1)C1CC1. The second-order valence-electron chi connectivity index (χ2n) is 3.38. The molecule has 0 radical (unpaired) electrons. The molecule has 0 bridgehead atoms. The predicted octanol–water partition coefficient (Wildman–Crippen LogP) is 2.34. The molecule has 0 amide bonds. The van der Waals surface area contributed by atoms with E-state index in [2.05, 4.69) is 6.08 Å². The number of rotatable bonds is 3. The van der Waals surface area contributed by atoms with Crippen LogP contribution in [0.15, 0.2) is 11.8 Å². The molecule has 0 aliphatic heterocycles. The van der Waals surface area contributed by atoms with E-state index in [0.29, 0.717) is 0 Å². The van der Waals surface area contributed by atoms with Gasteiger partial charge in [0.1, 0.15) is 0 Å². The third-order valence-corrected chi connectivity index (χ3v) is 2.24. The van der Waals surface area contributed by atoms with Gasteiger partial charge in [0.05, 0.1) is 12.9 Å². The number of allylic oxidation sites excluding steroid dienone is 2. The molecule has 0 unspecified atom stereocenters. The first kappa shape index (κ1) is 6.26. The fourth-order valence-corrected chi connectivity index (χ4v) is 1.23. The standard InChI is InChI=1S/C9H14O/c1-10-9(8-4-5-8)6-7-2-3-7/h6-8H,2-5H2,1H3. The molecule has 2 fully saturated rings. The van der Waals surface area contributed by atoms with Crippen molar-refractivity contribution in [2.75, 3.05) is 7.11 Å². The van der Waals surface area contributed by atoms with Gasteiger partial charge in [-0.1, -0.05) is 0 Å². The van der Waals surface area contributed by atoms with Crippen LogP contribution in [0.4, 0.5) is 0 Å². The fraction of sp³-hybridized carbons (Fsp3) is 0.778. The molecule has 0 saturated heterocycles. The molecule has 10 heavy (non-hydrogen) atoms. The van der Waals surface area contributed by atoms with Gasteiger partial charge in [-0.2, -0.15) is 0 Å². The number of hydrogen-bond acceptors (Lipinski definition) is 1. The summed E-state index contributed by atoms with van der Waals surface area (Å²) in [4.78, 5) is 0. The van der Waals surface area contributed by atoms with Crippen molar-refractivity contribution in [2.45, 2.75) is 25.7 Å². The summed E-state index contributed by atoms with van der Waals surface area (Å²) in [5, 5.41) is 0. The first-order chi connectivity index (χ1) is 4.90. The molecule has 56 valence electrons. The van der Waals surface area contributed by atoms with Gasteiger partial charge in [0.25, 0.3) is 0 Å². The largest absolute Gasteiger partial charge is 0.501 e. The average molecular weight is 138 g/mol. The third kappa shape index (κ3) is 1.34. The average Bonchev–Trinajstić information content (AvgIpc) is 2.76. The lowest BCUT2D eigenvalue weighted by Crippen LogP contribution is -1.89. The predicted molar refractivity (Wildman–Crippen MR) is 40.5 cm³/mol. The highest BCUT2D eigenvalue weighted by atomic mass is 16.5. The molecule has 2 saturated carbocycles. The first-order valence-corrected chi connectivity index (χ1v) is 4.16. The number of methoxy groups -OCH3 is 1. The van der Waals surface area contributed by atoms with E-state index in [9.17, 15) is 0 Å². The molecule has 0 aromatic rings. The van der Waals surface area contributed by atoms with Gasteiger partial charge in [0.15, 0.2) is 0 Å².